The van der Waals surface area contributed by atoms with Crippen LogP contribution in [-0.2, 0) is 0 Å². The molecule has 0 aliphatic heterocycles. The average molecular weight is 163 g/mol. The monoisotopic (exact) mass is 162 g/mol. The summed E-state index contributed by atoms with van der Waals surface area (Å²) in [6.07, 6.45) is 0. The first-order valence-corrected chi connectivity index (χ1v) is 3.79. The molecule has 0 saturated carbocycles. The summed E-state index contributed by atoms with van der Waals surface area (Å²) in [6.45, 7) is 5.25. The van der Waals surface area contributed by atoms with E-state index in [4.69, 9.17) is 11.6 Å². The second-order valence-corrected chi connectivity index (χ2v) is 3.11. The van der Waals surface area contributed by atoms with E-state index in [1.807, 2.05) is 11.9 Å². The number of nitrogens with zero attached hydrogens (tertiary/aromatic N) is 2. The molecule has 0 amide bonds. The first kappa shape index (κ1) is 9.76. The van der Waals surface area contributed by atoms with Crippen molar-refractivity contribution in [2.45, 2.75) is 13.8 Å². The van der Waals surface area contributed by atoms with Gasteiger partial charge in [0.1, 0.15) is 0 Å². The fourth-order valence-corrected chi connectivity index (χ4v) is 0.863. The molecule has 0 spiro atoms. The molecule has 0 saturated heterocycles. The smallest absolute Gasteiger partial charge is 0.193 e. The highest BCUT2D eigenvalue weighted by Gasteiger charge is 2.02. The number of halogens is 1. The maximum Gasteiger partial charge on any atom is 0.193 e. The summed E-state index contributed by atoms with van der Waals surface area (Å²) in [5.74, 6) is 0.625. The molecule has 0 aromatic carbocycles. The zero-order valence-corrected chi connectivity index (χ0v) is 7.81. The van der Waals surface area contributed by atoms with Crippen molar-refractivity contribution in [3.8, 4) is 0 Å². The van der Waals surface area contributed by atoms with Crippen LogP contribution in [0.5, 0.6) is 0 Å². The van der Waals surface area contributed by atoms with Crippen LogP contribution in [0.1, 0.15) is 13.8 Å². The third-order valence-corrected chi connectivity index (χ3v) is 1.60. The summed E-state index contributed by atoms with van der Waals surface area (Å²) in [5, 5.41) is 0.578. The summed E-state index contributed by atoms with van der Waals surface area (Å²) in [5.41, 5.74) is 0. The lowest BCUT2D eigenvalue weighted by Gasteiger charge is -2.18. The summed E-state index contributed by atoms with van der Waals surface area (Å²) in [4.78, 5) is 5.79. The molecule has 0 unspecified atom stereocenters. The Hall–Kier alpha value is -0.240. The highest BCUT2D eigenvalue weighted by atomic mass is 35.5. The predicted octanol–water partition coefficient (Wildman–Crippen LogP) is 1.80. The maximum atomic E-state index is 5.74. The molecule has 0 fully saturated rings. The number of aliphatic imine (C=N–C) groups is 1. The molecule has 60 valence electrons. The Balaban J connectivity index is 3.73. The molecular weight excluding hydrogens is 148 g/mol. The van der Waals surface area contributed by atoms with Crippen LogP contribution in [0.25, 0.3) is 0 Å². The second-order valence-electron chi connectivity index (χ2n) is 2.77. The van der Waals surface area contributed by atoms with Gasteiger partial charge < -0.3 is 4.90 Å². The van der Waals surface area contributed by atoms with Crippen molar-refractivity contribution in [1.29, 1.82) is 0 Å². The summed E-state index contributed by atoms with van der Waals surface area (Å²) < 4.78 is 0. The molecule has 2 nitrogen and oxygen atoms in total. The maximum absolute atomic E-state index is 5.74. The van der Waals surface area contributed by atoms with Gasteiger partial charge in [0.2, 0.25) is 0 Å². The SMILES string of the molecule is CN=C(Cl)N(C)CC(C)C. The van der Waals surface area contributed by atoms with Crippen molar-refractivity contribution in [2.75, 3.05) is 20.6 Å². The lowest BCUT2D eigenvalue weighted by Crippen LogP contribution is -2.26. The topological polar surface area (TPSA) is 15.6 Å². The molecule has 0 aliphatic rings. The van der Waals surface area contributed by atoms with Crippen LogP contribution < -0.4 is 0 Å². The normalized spacial score (nSPS) is 12.4. The first-order chi connectivity index (χ1) is 4.57. The Labute approximate surface area is 67.9 Å². The van der Waals surface area contributed by atoms with Crippen molar-refractivity contribution in [3.63, 3.8) is 0 Å². The van der Waals surface area contributed by atoms with E-state index < -0.39 is 0 Å². The van der Waals surface area contributed by atoms with Crippen molar-refractivity contribution >= 4 is 16.9 Å². The van der Waals surface area contributed by atoms with E-state index >= 15 is 0 Å². The Morgan fingerprint density at radius 2 is 2.10 bits per heavy atom. The molecule has 0 aromatic heterocycles. The fraction of sp³-hybridized carbons (Fsp3) is 0.857. The highest BCUT2D eigenvalue weighted by molar-refractivity contribution is 6.64. The molecule has 0 rings (SSSR count). The van der Waals surface area contributed by atoms with Gasteiger partial charge in [0.25, 0.3) is 0 Å². The van der Waals surface area contributed by atoms with E-state index in [2.05, 4.69) is 18.8 Å². The molecule has 0 atom stereocenters. The fourth-order valence-electron chi connectivity index (χ4n) is 0.794. The lowest BCUT2D eigenvalue weighted by atomic mass is 10.2. The van der Waals surface area contributed by atoms with Crippen molar-refractivity contribution in [3.05, 3.63) is 0 Å². The molecule has 0 heterocycles. The summed E-state index contributed by atoms with van der Waals surface area (Å²) in [6, 6.07) is 0. The number of hydrogen-bond acceptors (Lipinski definition) is 1. The van der Waals surface area contributed by atoms with Gasteiger partial charge in [0, 0.05) is 20.6 Å². The van der Waals surface area contributed by atoms with Gasteiger partial charge in [-0.25, -0.2) is 0 Å². The van der Waals surface area contributed by atoms with E-state index in [9.17, 15) is 0 Å². The zero-order chi connectivity index (χ0) is 8.15. The molecule has 3 heteroatoms. The van der Waals surface area contributed by atoms with Gasteiger partial charge in [-0.2, -0.15) is 0 Å². The van der Waals surface area contributed by atoms with Crippen LogP contribution in [0, 0.1) is 5.92 Å². The van der Waals surface area contributed by atoms with Crippen LogP contribution in [0.2, 0.25) is 0 Å². The minimum absolute atomic E-state index is 0.578. The predicted molar refractivity (Wildman–Crippen MR) is 46.7 cm³/mol. The Morgan fingerprint density at radius 3 is 2.40 bits per heavy atom. The van der Waals surface area contributed by atoms with E-state index in [1.165, 1.54) is 0 Å². The third kappa shape index (κ3) is 3.72. The third-order valence-electron chi connectivity index (χ3n) is 1.14. The number of rotatable bonds is 2. The Kier molecular flexibility index (Phi) is 4.45. The zero-order valence-electron chi connectivity index (χ0n) is 7.06. The standard InChI is InChI=1S/C7H15ClN2/c1-6(2)5-10(4)7(8)9-3/h6H,5H2,1-4H3. The average Bonchev–Trinajstić information content (AvgIpc) is 1.85. The van der Waals surface area contributed by atoms with Crippen molar-refractivity contribution in [1.82, 2.24) is 4.90 Å². The molecule has 0 radical (unpaired) electrons. The number of hydrogen-bond donors (Lipinski definition) is 0. The van der Waals surface area contributed by atoms with Gasteiger partial charge in [0.05, 0.1) is 0 Å². The highest BCUT2D eigenvalue weighted by Crippen LogP contribution is 1.99. The van der Waals surface area contributed by atoms with Gasteiger partial charge in [0.15, 0.2) is 5.29 Å². The largest absolute Gasteiger partial charge is 0.350 e. The quantitative estimate of drug-likeness (QED) is 0.344. The number of amidine groups is 1. The molecular formula is C7H15ClN2. The van der Waals surface area contributed by atoms with Gasteiger partial charge >= 0.3 is 0 Å². The Morgan fingerprint density at radius 1 is 1.60 bits per heavy atom. The van der Waals surface area contributed by atoms with E-state index in [-0.39, 0.29) is 0 Å². The van der Waals surface area contributed by atoms with E-state index in [1.54, 1.807) is 7.05 Å². The van der Waals surface area contributed by atoms with Crippen molar-refractivity contribution in [2.24, 2.45) is 10.9 Å². The molecule has 0 aromatic rings. The van der Waals surface area contributed by atoms with Gasteiger partial charge in [-0.1, -0.05) is 13.8 Å². The Bertz CT molecular complexity index is 121. The molecule has 0 N–H and O–H groups in total. The van der Waals surface area contributed by atoms with Gasteiger partial charge in [-0.15, -0.1) is 0 Å². The van der Waals surface area contributed by atoms with Gasteiger partial charge in [-0.05, 0) is 17.5 Å². The summed E-state index contributed by atoms with van der Waals surface area (Å²) in [7, 11) is 3.63. The van der Waals surface area contributed by atoms with Crippen LogP contribution >= 0.6 is 11.6 Å². The molecule has 0 bridgehead atoms. The summed E-state index contributed by atoms with van der Waals surface area (Å²) >= 11 is 5.74. The molecule has 0 aliphatic carbocycles. The van der Waals surface area contributed by atoms with Crippen molar-refractivity contribution < 1.29 is 0 Å². The minimum Gasteiger partial charge on any atom is -0.350 e. The first-order valence-electron chi connectivity index (χ1n) is 3.41. The second kappa shape index (κ2) is 4.56. The minimum atomic E-state index is 0.578. The van der Waals surface area contributed by atoms with E-state index in [0.29, 0.717) is 11.2 Å². The van der Waals surface area contributed by atoms with Gasteiger partial charge in [-0.3, -0.25) is 4.99 Å². The van der Waals surface area contributed by atoms with E-state index in [0.717, 1.165) is 6.54 Å². The van der Waals surface area contributed by atoms with Crippen LogP contribution in [0.15, 0.2) is 4.99 Å². The lowest BCUT2D eigenvalue weighted by molar-refractivity contribution is 0.430. The van der Waals surface area contributed by atoms with Crippen LogP contribution in [0.4, 0.5) is 0 Å². The van der Waals surface area contributed by atoms with Crippen LogP contribution in [-0.4, -0.2) is 30.8 Å². The molecule has 10 heavy (non-hydrogen) atoms. The van der Waals surface area contributed by atoms with Crippen LogP contribution in [0.3, 0.4) is 0 Å².